The van der Waals surface area contributed by atoms with Gasteiger partial charge in [-0.1, -0.05) is 18.0 Å². The number of halogens is 4. The van der Waals surface area contributed by atoms with Crippen LogP contribution >= 0.6 is 23.6 Å². The van der Waals surface area contributed by atoms with Crippen molar-refractivity contribution in [1.29, 1.82) is 0 Å². The molecule has 0 spiro atoms. The fourth-order valence-electron chi connectivity index (χ4n) is 2.41. The topological polar surface area (TPSA) is 21.7 Å². The van der Waals surface area contributed by atoms with E-state index in [0.29, 0.717) is 17.3 Å². The molecule has 0 saturated carbocycles. The maximum atomic E-state index is 12.2. The number of methoxy groups -OCH3 is 1. The minimum Gasteiger partial charge on any atom is -0.496 e. The van der Waals surface area contributed by atoms with Gasteiger partial charge < -0.3 is 8.92 Å². The number of rotatable bonds is 5. The van der Waals surface area contributed by atoms with Crippen LogP contribution < -0.4 is 8.92 Å². The molecule has 124 valence electrons. The van der Waals surface area contributed by atoms with Crippen molar-refractivity contribution in [2.24, 2.45) is 0 Å². The van der Waals surface area contributed by atoms with Gasteiger partial charge in [-0.05, 0) is 25.9 Å². The number of hydrogen-bond acceptors (Lipinski definition) is 4. The first-order chi connectivity index (χ1) is 10.4. The van der Waals surface area contributed by atoms with E-state index in [-0.39, 0.29) is 5.75 Å². The summed E-state index contributed by atoms with van der Waals surface area (Å²) in [6, 6.07) is 2.83. The standard InChI is InChI=1S/C14H17ClF3NO2S/c1-20-13-8-10(21-22-14(16,17)18)7-12(15)11(13)9-19-5-3-2-4-6-19/h7-8H,2-6,9H2,1H3. The van der Waals surface area contributed by atoms with E-state index in [0.717, 1.165) is 31.5 Å². The Kier molecular flexibility index (Phi) is 6.11. The van der Waals surface area contributed by atoms with Crippen LogP contribution in [0.3, 0.4) is 0 Å². The van der Waals surface area contributed by atoms with Gasteiger partial charge in [-0.2, -0.15) is 13.2 Å². The predicted octanol–water partition coefficient (Wildman–Crippen LogP) is 4.88. The fourth-order valence-corrected chi connectivity index (χ4v) is 2.96. The number of piperidine rings is 1. The van der Waals surface area contributed by atoms with Gasteiger partial charge in [0.05, 0.1) is 12.1 Å². The maximum Gasteiger partial charge on any atom is 0.479 e. The van der Waals surface area contributed by atoms with Crippen LogP contribution in [0.15, 0.2) is 12.1 Å². The second-order valence-corrected chi connectivity index (χ2v) is 6.24. The van der Waals surface area contributed by atoms with Gasteiger partial charge in [-0.25, -0.2) is 0 Å². The molecule has 2 rings (SSSR count). The molecule has 0 N–H and O–H groups in total. The molecule has 0 bridgehead atoms. The van der Waals surface area contributed by atoms with Crippen molar-refractivity contribution in [1.82, 2.24) is 4.90 Å². The Labute approximate surface area is 136 Å². The second kappa shape index (κ2) is 7.66. The molecule has 0 aromatic heterocycles. The van der Waals surface area contributed by atoms with Crippen LogP contribution in [0.25, 0.3) is 0 Å². The van der Waals surface area contributed by atoms with Crippen molar-refractivity contribution in [3.63, 3.8) is 0 Å². The summed E-state index contributed by atoms with van der Waals surface area (Å²) in [5.41, 5.74) is -3.69. The van der Waals surface area contributed by atoms with Crippen molar-refractivity contribution < 1.29 is 22.1 Å². The molecule has 0 radical (unpaired) electrons. The minimum atomic E-state index is -4.47. The summed E-state index contributed by atoms with van der Waals surface area (Å²) in [7, 11) is 1.46. The summed E-state index contributed by atoms with van der Waals surface area (Å²) in [6.07, 6.45) is 3.51. The van der Waals surface area contributed by atoms with Crippen LogP contribution in [0.2, 0.25) is 5.02 Å². The molecule has 1 heterocycles. The van der Waals surface area contributed by atoms with Crippen LogP contribution in [0.4, 0.5) is 13.2 Å². The number of nitrogens with zero attached hydrogens (tertiary/aromatic N) is 1. The smallest absolute Gasteiger partial charge is 0.479 e. The lowest BCUT2D eigenvalue weighted by molar-refractivity contribution is -0.0369. The molecule has 1 aliphatic heterocycles. The van der Waals surface area contributed by atoms with E-state index in [4.69, 9.17) is 16.3 Å². The van der Waals surface area contributed by atoms with Gasteiger partial charge in [0.25, 0.3) is 0 Å². The Bertz CT molecular complexity index is 508. The molecular weight excluding hydrogens is 339 g/mol. The molecule has 8 heteroatoms. The highest BCUT2D eigenvalue weighted by Gasteiger charge is 2.31. The first kappa shape index (κ1) is 17.6. The summed E-state index contributed by atoms with van der Waals surface area (Å²) in [5, 5.41) is 0.350. The monoisotopic (exact) mass is 355 g/mol. The molecule has 1 fully saturated rings. The Hall–Kier alpha value is -0.790. The van der Waals surface area contributed by atoms with Crippen LogP contribution in [0.5, 0.6) is 11.5 Å². The molecule has 1 aliphatic rings. The zero-order chi connectivity index (χ0) is 16.2. The lowest BCUT2D eigenvalue weighted by atomic mass is 10.1. The third-order valence-corrected chi connectivity index (χ3v) is 4.21. The number of benzene rings is 1. The van der Waals surface area contributed by atoms with E-state index >= 15 is 0 Å². The van der Waals surface area contributed by atoms with Crippen LogP contribution in [-0.4, -0.2) is 30.6 Å². The predicted molar refractivity (Wildman–Crippen MR) is 81.4 cm³/mol. The van der Waals surface area contributed by atoms with E-state index in [1.807, 2.05) is 0 Å². The Balaban J connectivity index is 2.12. The number of likely N-dealkylation sites (tertiary alicyclic amines) is 1. The van der Waals surface area contributed by atoms with Crippen molar-refractivity contribution in [2.75, 3.05) is 20.2 Å². The molecule has 0 atom stereocenters. The Morgan fingerprint density at radius 1 is 1.23 bits per heavy atom. The summed E-state index contributed by atoms with van der Waals surface area (Å²) in [4.78, 5) is 2.26. The average molecular weight is 356 g/mol. The zero-order valence-corrected chi connectivity index (χ0v) is 13.7. The lowest BCUT2D eigenvalue weighted by Crippen LogP contribution is -2.29. The molecule has 1 aromatic carbocycles. The van der Waals surface area contributed by atoms with E-state index in [2.05, 4.69) is 9.08 Å². The zero-order valence-electron chi connectivity index (χ0n) is 12.1. The average Bonchev–Trinajstić information content (AvgIpc) is 2.47. The van der Waals surface area contributed by atoms with Gasteiger partial charge >= 0.3 is 5.51 Å². The summed E-state index contributed by atoms with van der Waals surface area (Å²) < 4.78 is 46.4. The highest BCUT2D eigenvalue weighted by atomic mass is 35.5. The van der Waals surface area contributed by atoms with Crippen molar-refractivity contribution >= 4 is 23.6 Å². The van der Waals surface area contributed by atoms with Crippen molar-refractivity contribution in [2.45, 2.75) is 31.3 Å². The van der Waals surface area contributed by atoms with Crippen LogP contribution in [-0.2, 0) is 6.54 Å². The molecule has 22 heavy (non-hydrogen) atoms. The highest BCUT2D eigenvalue weighted by Crippen LogP contribution is 2.38. The van der Waals surface area contributed by atoms with Crippen molar-refractivity contribution in [3.05, 3.63) is 22.7 Å². The fraction of sp³-hybridized carbons (Fsp3) is 0.571. The minimum absolute atomic E-state index is 0.0200. The molecule has 3 nitrogen and oxygen atoms in total. The van der Waals surface area contributed by atoms with E-state index in [1.54, 1.807) is 0 Å². The van der Waals surface area contributed by atoms with Crippen LogP contribution in [0.1, 0.15) is 24.8 Å². The molecule has 0 unspecified atom stereocenters. The summed E-state index contributed by atoms with van der Waals surface area (Å²) >= 11 is 5.64. The second-order valence-electron chi connectivity index (χ2n) is 5.04. The first-order valence-corrected chi connectivity index (χ1v) is 8.02. The number of hydrogen-bond donors (Lipinski definition) is 0. The van der Waals surface area contributed by atoms with E-state index < -0.39 is 17.6 Å². The summed E-state index contributed by atoms with van der Waals surface area (Å²) in [6.45, 7) is 2.60. The first-order valence-electron chi connectivity index (χ1n) is 6.90. The van der Waals surface area contributed by atoms with Gasteiger partial charge in [-0.15, -0.1) is 0 Å². The van der Waals surface area contributed by atoms with Gasteiger partial charge in [0.15, 0.2) is 12.0 Å². The van der Waals surface area contributed by atoms with Gasteiger partial charge in [0.2, 0.25) is 0 Å². The lowest BCUT2D eigenvalue weighted by Gasteiger charge is -2.27. The Morgan fingerprint density at radius 3 is 2.50 bits per heavy atom. The molecule has 0 aliphatic carbocycles. The third-order valence-electron chi connectivity index (χ3n) is 3.41. The van der Waals surface area contributed by atoms with E-state index in [9.17, 15) is 13.2 Å². The molecule has 1 saturated heterocycles. The van der Waals surface area contributed by atoms with Gasteiger partial charge in [0, 0.05) is 24.2 Å². The van der Waals surface area contributed by atoms with E-state index in [1.165, 1.54) is 25.7 Å². The molecule has 0 amide bonds. The van der Waals surface area contributed by atoms with Crippen LogP contribution in [0, 0.1) is 0 Å². The maximum absolute atomic E-state index is 12.2. The third kappa shape index (κ3) is 5.14. The van der Waals surface area contributed by atoms with Crippen molar-refractivity contribution in [3.8, 4) is 11.5 Å². The number of alkyl halides is 3. The van der Waals surface area contributed by atoms with Gasteiger partial charge in [0.1, 0.15) is 11.5 Å². The SMILES string of the molecule is COc1cc(OSC(F)(F)F)cc(Cl)c1CN1CCCCC1. The van der Waals surface area contributed by atoms with Gasteiger partial charge in [-0.3, -0.25) is 4.90 Å². The normalized spacial score (nSPS) is 16.6. The number of ether oxygens (including phenoxy) is 1. The highest BCUT2D eigenvalue weighted by molar-refractivity contribution is 7.95. The molecular formula is C14H17ClF3NO2S. The molecule has 1 aromatic rings. The summed E-state index contributed by atoms with van der Waals surface area (Å²) in [5.74, 6) is 0.461. The largest absolute Gasteiger partial charge is 0.496 e. The Morgan fingerprint density at radius 2 is 1.91 bits per heavy atom. The quantitative estimate of drug-likeness (QED) is 0.701.